The van der Waals surface area contributed by atoms with Gasteiger partial charge in [0.05, 0.1) is 10.4 Å². The van der Waals surface area contributed by atoms with Gasteiger partial charge in [0.15, 0.2) is 0 Å². The molecule has 2 fully saturated rings. The molecule has 2 aromatic carbocycles. The number of amides is 1. The van der Waals surface area contributed by atoms with Gasteiger partial charge < -0.3 is 4.90 Å². The third-order valence-corrected chi connectivity index (χ3v) is 7.64. The molecule has 7 heteroatoms. The zero-order valence-electron chi connectivity index (χ0n) is 14.4. The minimum Gasteiger partial charge on any atom is -0.330 e. The van der Waals surface area contributed by atoms with Crippen molar-refractivity contribution in [2.75, 3.05) is 19.6 Å². The van der Waals surface area contributed by atoms with E-state index in [4.69, 9.17) is 0 Å². The van der Waals surface area contributed by atoms with Crippen LogP contribution in [0.4, 0.5) is 0 Å². The van der Waals surface area contributed by atoms with Gasteiger partial charge in [-0.1, -0.05) is 33.6 Å². The van der Waals surface area contributed by atoms with E-state index in [1.165, 1.54) is 4.31 Å². The molecule has 0 atom stereocenters. The van der Waals surface area contributed by atoms with Crippen LogP contribution in [0.1, 0.15) is 22.3 Å². The molecule has 1 amide bonds. The number of carbonyl (C=O) groups is 1. The summed E-state index contributed by atoms with van der Waals surface area (Å²) < 4.78 is 27.9. The molecule has 0 aliphatic carbocycles. The molecule has 2 aliphatic rings. The number of sulfonamides is 1. The van der Waals surface area contributed by atoms with Crippen molar-refractivity contribution in [3.63, 3.8) is 0 Å². The van der Waals surface area contributed by atoms with Crippen LogP contribution in [0.5, 0.6) is 0 Å². The molecule has 2 heterocycles. The van der Waals surface area contributed by atoms with Crippen molar-refractivity contribution >= 4 is 31.9 Å². The van der Waals surface area contributed by atoms with Crippen molar-refractivity contribution < 1.29 is 13.2 Å². The molecule has 0 radical (unpaired) electrons. The van der Waals surface area contributed by atoms with Crippen LogP contribution in [-0.2, 0) is 10.0 Å². The van der Waals surface area contributed by atoms with E-state index in [0.29, 0.717) is 30.1 Å². The van der Waals surface area contributed by atoms with Crippen LogP contribution >= 0.6 is 15.9 Å². The summed E-state index contributed by atoms with van der Waals surface area (Å²) in [5.74, 6) is -0.0314. The van der Waals surface area contributed by atoms with Crippen LogP contribution in [-0.4, -0.2) is 48.7 Å². The van der Waals surface area contributed by atoms with Crippen LogP contribution in [0.25, 0.3) is 0 Å². The Labute approximate surface area is 161 Å². The van der Waals surface area contributed by atoms with E-state index in [9.17, 15) is 13.2 Å². The summed E-state index contributed by atoms with van der Waals surface area (Å²) in [5, 5.41) is 0. The maximum absolute atomic E-state index is 12.8. The molecular weight excluding hydrogens is 416 g/mol. The number of likely N-dealkylation sites (tertiary alicyclic amines) is 1. The number of halogens is 1. The lowest BCUT2D eigenvalue weighted by atomic mass is 9.78. The number of rotatable bonds is 3. The molecule has 0 saturated carbocycles. The number of benzene rings is 2. The Morgan fingerprint density at radius 3 is 2.19 bits per heavy atom. The molecule has 2 aromatic rings. The second-order valence-corrected chi connectivity index (χ2v) is 9.88. The fourth-order valence-electron chi connectivity index (χ4n) is 3.57. The molecule has 0 aromatic heterocycles. The normalized spacial score (nSPS) is 19.1. The van der Waals surface area contributed by atoms with Gasteiger partial charge in [0, 0.05) is 29.7 Å². The first kappa shape index (κ1) is 17.7. The molecule has 2 saturated heterocycles. The molecule has 0 unspecified atom stereocenters. The molecule has 0 N–H and O–H groups in total. The predicted molar refractivity (Wildman–Crippen MR) is 102 cm³/mol. The fourth-order valence-corrected chi connectivity index (χ4v) is 5.44. The molecule has 2 aliphatic heterocycles. The van der Waals surface area contributed by atoms with Crippen LogP contribution in [0, 0.1) is 6.92 Å². The highest BCUT2D eigenvalue weighted by Gasteiger charge is 2.58. The quantitative estimate of drug-likeness (QED) is 0.745. The number of aryl methyl sites for hydroxylation is 1. The standard InChI is InChI=1S/C19H19BrN2O3S/c1-14-2-8-17(9-3-14)26(24,25)21-12-19(13-21)10-11-22(19)18(23)15-4-6-16(20)7-5-15/h2-9H,10-13H2,1H3. The summed E-state index contributed by atoms with van der Waals surface area (Å²) in [4.78, 5) is 14.9. The van der Waals surface area contributed by atoms with E-state index >= 15 is 0 Å². The average molecular weight is 435 g/mol. The topological polar surface area (TPSA) is 57.7 Å². The maximum Gasteiger partial charge on any atom is 0.254 e. The van der Waals surface area contributed by atoms with Crippen molar-refractivity contribution in [1.82, 2.24) is 9.21 Å². The fraction of sp³-hybridized carbons (Fsp3) is 0.316. The van der Waals surface area contributed by atoms with Crippen LogP contribution in [0.15, 0.2) is 57.9 Å². The van der Waals surface area contributed by atoms with Crippen molar-refractivity contribution in [3.8, 4) is 0 Å². The third-order valence-electron chi connectivity index (χ3n) is 5.31. The van der Waals surface area contributed by atoms with Crippen molar-refractivity contribution in [2.24, 2.45) is 0 Å². The highest BCUT2D eigenvalue weighted by Crippen LogP contribution is 2.42. The number of hydrogen-bond acceptors (Lipinski definition) is 3. The Morgan fingerprint density at radius 2 is 1.65 bits per heavy atom. The molecule has 136 valence electrons. The largest absolute Gasteiger partial charge is 0.330 e. The SMILES string of the molecule is Cc1ccc(S(=O)(=O)N2CC3(CCN3C(=O)c3ccc(Br)cc3)C2)cc1. The number of hydrogen-bond donors (Lipinski definition) is 0. The summed E-state index contributed by atoms with van der Waals surface area (Å²) in [5.41, 5.74) is 1.31. The Balaban J connectivity index is 1.48. The lowest BCUT2D eigenvalue weighted by molar-refractivity contribution is -0.0676. The number of nitrogens with zero attached hydrogens (tertiary/aromatic N) is 2. The summed E-state index contributed by atoms with van der Waals surface area (Å²) in [7, 11) is -3.50. The molecule has 5 nitrogen and oxygen atoms in total. The summed E-state index contributed by atoms with van der Waals surface area (Å²) in [6, 6.07) is 14.1. The zero-order valence-corrected chi connectivity index (χ0v) is 16.8. The van der Waals surface area contributed by atoms with E-state index in [2.05, 4.69) is 15.9 Å². The Bertz CT molecular complexity index is 949. The first-order valence-electron chi connectivity index (χ1n) is 8.46. The van der Waals surface area contributed by atoms with E-state index in [1.54, 1.807) is 36.4 Å². The maximum atomic E-state index is 12.8. The molecule has 26 heavy (non-hydrogen) atoms. The lowest BCUT2D eigenvalue weighted by Crippen LogP contribution is -2.78. The van der Waals surface area contributed by atoms with Gasteiger partial charge in [-0.3, -0.25) is 4.79 Å². The van der Waals surface area contributed by atoms with Gasteiger partial charge in [0.25, 0.3) is 5.91 Å². The Kier molecular flexibility index (Phi) is 4.21. The van der Waals surface area contributed by atoms with E-state index in [0.717, 1.165) is 16.5 Å². The first-order valence-corrected chi connectivity index (χ1v) is 10.7. The monoisotopic (exact) mass is 434 g/mol. The zero-order chi connectivity index (χ0) is 18.5. The van der Waals surface area contributed by atoms with Crippen molar-refractivity contribution in [2.45, 2.75) is 23.8 Å². The van der Waals surface area contributed by atoms with Gasteiger partial charge in [-0.2, -0.15) is 4.31 Å². The first-order chi connectivity index (χ1) is 12.3. The molecular formula is C19H19BrN2O3S. The summed E-state index contributed by atoms with van der Waals surface area (Å²) >= 11 is 3.37. The van der Waals surface area contributed by atoms with Gasteiger partial charge in [-0.05, 0) is 49.7 Å². The summed E-state index contributed by atoms with van der Waals surface area (Å²) in [6.45, 7) is 3.33. The van der Waals surface area contributed by atoms with E-state index < -0.39 is 10.0 Å². The van der Waals surface area contributed by atoms with Crippen molar-refractivity contribution in [3.05, 3.63) is 64.1 Å². The van der Waals surface area contributed by atoms with Gasteiger partial charge in [0.1, 0.15) is 0 Å². The molecule has 4 rings (SSSR count). The van der Waals surface area contributed by atoms with E-state index in [1.807, 2.05) is 24.0 Å². The van der Waals surface area contributed by atoms with Gasteiger partial charge in [-0.15, -0.1) is 0 Å². The van der Waals surface area contributed by atoms with Crippen LogP contribution in [0.2, 0.25) is 0 Å². The summed E-state index contributed by atoms with van der Waals surface area (Å²) in [6.07, 6.45) is 0.842. The highest BCUT2D eigenvalue weighted by molar-refractivity contribution is 9.10. The Morgan fingerprint density at radius 1 is 1.04 bits per heavy atom. The molecule has 0 bridgehead atoms. The minimum atomic E-state index is -3.50. The third kappa shape index (κ3) is 2.78. The second kappa shape index (κ2) is 6.18. The van der Waals surface area contributed by atoms with Gasteiger partial charge in [0.2, 0.25) is 10.0 Å². The van der Waals surface area contributed by atoms with Crippen LogP contribution in [0.3, 0.4) is 0 Å². The smallest absolute Gasteiger partial charge is 0.254 e. The van der Waals surface area contributed by atoms with Crippen LogP contribution < -0.4 is 0 Å². The predicted octanol–water partition coefficient (Wildman–Crippen LogP) is 3.05. The second-order valence-electron chi connectivity index (χ2n) is 7.02. The van der Waals surface area contributed by atoms with Crippen molar-refractivity contribution in [1.29, 1.82) is 0 Å². The number of carbonyl (C=O) groups excluding carboxylic acids is 1. The van der Waals surface area contributed by atoms with Gasteiger partial charge in [-0.25, -0.2) is 8.42 Å². The highest BCUT2D eigenvalue weighted by atomic mass is 79.9. The molecule has 1 spiro atoms. The lowest BCUT2D eigenvalue weighted by Gasteiger charge is -2.61. The van der Waals surface area contributed by atoms with E-state index in [-0.39, 0.29) is 11.4 Å². The van der Waals surface area contributed by atoms with Gasteiger partial charge >= 0.3 is 0 Å². The minimum absolute atomic E-state index is 0.0314. The Hall–Kier alpha value is -1.70. The average Bonchev–Trinajstić information content (AvgIpc) is 2.53.